The molecule has 1 heterocycles. The molecular weight excluding hydrogens is 400 g/mol. The van der Waals surface area contributed by atoms with Crippen LogP contribution in [0.5, 0.6) is 0 Å². The summed E-state index contributed by atoms with van der Waals surface area (Å²) >= 11 is 1.68. The number of amides is 1. The molecule has 1 N–H and O–H groups in total. The number of nitrogens with one attached hydrogen (secondary N) is 1. The zero-order valence-electron chi connectivity index (χ0n) is 18.7. The Kier molecular flexibility index (Phi) is 6.10. The SMILES string of the molecule is Cc1ccc(C=Nc2sc3c(c2C(=O)Nc2ccccc2)CC[C@@H](C(C)(C)C)C3)cc1. The fourth-order valence-electron chi connectivity index (χ4n) is 4.14. The standard InChI is InChI=1S/C27H30N2OS/c1-18-10-12-19(13-11-18)17-28-26-24(25(30)29-21-8-6-5-7-9-21)22-15-14-20(27(2,3)4)16-23(22)31-26/h5-13,17,20H,14-16H2,1-4H3,(H,29,30)/t20-/m1/s1. The van der Waals surface area contributed by atoms with E-state index in [9.17, 15) is 4.79 Å². The number of thiophene rings is 1. The molecule has 3 nitrogen and oxygen atoms in total. The Bertz CT molecular complexity index is 1090. The van der Waals surface area contributed by atoms with Gasteiger partial charge in [0.2, 0.25) is 0 Å². The molecule has 0 fully saturated rings. The van der Waals surface area contributed by atoms with E-state index < -0.39 is 0 Å². The quantitative estimate of drug-likeness (QED) is 0.437. The number of carbonyl (C=O) groups excluding carboxylic acids is 1. The smallest absolute Gasteiger partial charge is 0.259 e. The zero-order chi connectivity index (χ0) is 22.0. The monoisotopic (exact) mass is 430 g/mol. The van der Waals surface area contributed by atoms with Crippen molar-refractivity contribution in [3.63, 3.8) is 0 Å². The van der Waals surface area contributed by atoms with Crippen molar-refractivity contribution in [2.75, 3.05) is 5.32 Å². The Balaban J connectivity index is 1.69. The van der Waals surface area contributed by atoms with E-state index in [4.69, 9.17) is 4.99 Å². The number of aryl methyl sites for hydroxylation is 1. The highest BCUT2D eigenvalue weighted by molar-refractivity contribution is 7.16. The van der Waals surface area contributed by atoms with Crippen LogP contribution in [-0.2, 0) is 12.8 Å². The molecule has 3 aromatic rings. The number of carbonyl (C=O) groups is 1. The summed E-state index contributed by atoms with van der Waals surface area (Å²) in [7, 11) is 0. The Morgan fingerprint density at radius 2 is 1.81 bits per heavy atom. The molecule has 0 saturated carbocycles. The van der Waals surface area contributed by atoms with Gasteiger partial charge in [-0.05, 0) is 60.8 Å². The van der Waals surface area contributed by atoms with Crippen molar-refractivity contribution in [1.29, 1.82) is 0 Å². The number of fused-ring (bicyclic) bond motifs is 1. The number of hydrogen-bond donors (Lipinski definition) is 1. The molecule has 4 rings (SSSR count). The van der Waals surface area contributed by atoms with Gasteiger partial charge in [0.05, 0.1) is 5.56 Å². The van der Waals surface area contributed by atoms with Gasteiger partial charge < -0.3 is 5.32 Å². The van der Waals surface area contributed by atoms with Crippen molar-refractivity contribution < 1.29 is 4.79 Å². The van der Waals surface area contributed by atoms with Gasteiger partial charge in [-0.2, -0.15) is 0 Å². The van der Waals surface area contributed by atoms with E-state index in [0.29, 0.717) is 5.92 Å². The lowest BCUT2D eigenvalue weighted by Gasteiger charge is -2.33. The van der Waals surface area contributed by atoms with Crippen LogP contribution >= 0.6 is 11.3 Å². The van der Waals surface area contributed by atoms with Crippen molar-refractivity contribution in [2.45, 2.75) is 47.0 Å². The molecular formula is C27H30N2OS. The third-order valence-corrected chi connectivity index (χ3v) is 7.30. The van der Waals surface area contributed by atoms with Crippen LogP contribution in [0.1, 0.15) is 59.1 Å². The molecule has 1 aliphatic rings. The number of hydrogen-bond acceptors (Lipinski definition) is 3. The normalized spacial score (nSPS) is 16.3. The lowest BCUT2D eigenvalue weighted by atomic mass is 9.72. The minimum absolute atomic E-state index is 0.0611. The predicted octanol–water partition coefficient (Wildman–Crippen LogP) is 7.21. The van der Waals surface area contributed by atoms with E-state index in [-0.39, 0.29) is 11.3 Å². The maximum atomic E-state index is 13.3. The van der Waals surface area contributed by atoms with Crippen molar-refractivity contribution in [3.8, 4) is 0 Å². The molecule has 0 bridgehead atoms. The number of para-hydroxylation sites is 1. The van der Waals surface area contributed by atoms with Gasteiger partial charge in [0, 0.05) is 16.8 Å². The molecule has 1 aliphatic carbocycles. The van der Waals surface area contributed by atoms with Gasteiger partial charge in [-0.25, -0.2) is 4.99 Å². The lowest BCUT2D eigenvalue weighted by molar-refractivity contribution is 0.102. The highest BCUT2D eigenvalue weighted by Crippen LogP contribution is 2.45. The first-order chi connectivity index (χ1) is 14.8. The van der Waals surface area contributed by atoms with Gasteiger partial charge in [0.1, 0.15) is 5.00 Å². The molecule has 4 heteroatoms. The van der Waals surface area contributed by atoms with Crippen LogP contribution in [0.3, 0.4) is 0 Å². The van der Waals surface area contributed by atoms with Gasteiger partial charge in [0.15, 0.2) is 0 Å². The fourth-order valence-corrected chi connectivity index (χ4v) is 5.41. The third-order valence-electron chi connectivity index (χ3n) is 6.14. The molecule has 160 valence electrons. The second-order valence-electron chi connectivity index (χ2n) is 9.48. The number of aliphatic imine (C=N–C) groups is 1. The molecule has 0 aliphatic heterocycles. The minimum atomic E-state index is -0.0611. The summed E-state index contributed by atoms with van der Waals surface area (Å²) < 4.78 is 0. The fraction of sp³-hybridized carbons (Fsp3) is 0.333. The molecule has 1 amide bonds. The van der Waals surface area contributed by atoms with Crippen LogP contribution in [0.15, 0.2) is 59.6 Å². The zero-order valence-corrected chi connectivity index (χ0v) is 19.6. The van der Waals surface area contributed by atoms with Crippen LogP contribution in [0.25, 0.3) is 0 Å². The second-order valence-corrected chi connectivity index (χ2v) is 10.6. The summed E-state index contributed by atoms with van der Waals surface area (Å²) in [6.45, 7) is 9.02. The van der Waals surface area contributed by atoms with E-state index in [1.807, 2.05) is 36.5 Å². The highest BCUT2D eigenvalue weighted by atomic mass is 32.1. The van der Waals surface area contributed by atoms with Gasteiger partial charge >= 0.3 is 0 Å². The first kappa shape index (κ1) is 21.5. The first-order valence-electron chi connectivity index (χ1n) is 10.9. The van der Waals surface area contributed by atoms with Crippen LogP contribution < -0.4 is 5.32 Å². The summed E-state index contributed by atoms with van der Waals surface area (Å²) in [5.41, 5.74) is 5.28. The molecule has 1 atom stereocenters. The number of benzene rings is 2. The molecule has 0 unspecified atom stereocenters. The molecule has 2 aromatic carbocycles. The van der Waals surface area contributed by atoms with Gasteiger partial charge in [0.25, 0.3) is 5.91 Å². The first-order valence-corrected chi connectivity index (χ1v) is 11.7. The van der Waals surface area contributed by atoms with Gasteiger partial charge in [-0.3, -0.25) is 4.79 Å². The van der Waals surface area contributed by atoms with Crippen molar-refractivity contribution in [2.24, 2.45) is 16.3 Å². The van der Waals surface area contributed by atoms with E-state index >= 15 is 0 Å². The Hall–Kier alpha value is -2.72. The van der Waals surface area contributed by atoms with E-state index in [0.717, 1.165) is 41.1 Å². The predicted molar refractivity (Wildman–Crippen MR) is 132 cm³/mol. The van der Waals surface area contributed by atoms with Crippen LogP contribution in [0.4, 0.5) is 10.7 Å². The topological polar surface area (TPSA) is 41.5 Å². The summed E-state index contributed by atoms with van der Waals surface area (Å²) in [5.74, 6) is 0.562. The Labute approximate surface area is 189 Å². The van der Waals surface area contributed by atoms with Gasteiger partial charge in [-0.1, -0.05) is 68.8 Å². The number of anilines is 1. The molecule has 1 aromatic heterocycles. The highest BCUT2D eigenvalue weighted by Gasteiger charge is 2.33. The summed E-state index contributed by atoms with van der Waals surface area (Å²) in [5, 5.41) is 3.89. The minimum Gasteiger partial charge on any atom is -0.322 e. The lowest BCUT2D eigenvalue weighted by Crippen LogP contribution is -2.27. The molecule has 0 saturated heterocycles. The molecule has 31 heavy (non-hydrogen) atoms. The average molecular weight is 431 g/mol. The Morgan fingerprint density at radius 1 is 1.10 bits per heavy atom. The van der Waals surface area contributed by atoms with Crippen molar-refractivity contribution in [1.82, 2.24) is 0 Å². The third kappa shape index (κ3) is 4.96. The van der Waals surface area contributed by atoms with E-state index in [1.165, 1.54) is 16.0 Å². The van der Waals surface area contributed by atoms with E-state index in [1.54, 1.807) is 11.3 Å². The maximum Gasteiger partial charge on any atom is 0.259 e. The number of nitrogens with zero attached hydrogens (tertiary/aromatic N) is 1. The largest absolute Gasteiger partial charge is 0.322 e. The molecule has 0 spiro atoms. The molecule has 0 radical (unpaired) electrons. The second kappa shape index (κ2) is 8.80. The average Bonchev–Trinajstić information content (AvgIpc) is 3.11. The Morgan fingerprint density at radius 3 is 2.48 bits per heavy atom. The van der Waals surface area contributed by atoms with Gasteiger partial charge in [-0.15, -0.1) is 11.3 Å². The van der Waals surface area contributed by atoms with Crippen molar-refractivity contribution in [3.05, 3.63) is 81.7 Å². The van der Waals surface area contributed by atoms with Crippen LogP contribution in [0, 0.1) is 18.3 Å². The van der Waals surface area contributed by atoms with Crippen LogP contribution in [-0.4, -0.2) is 12.1 Å². The number of rotatable bonds is 4. The van der Waals surface area contributed by atoms with Crippen molar-refractivity contribution >= 4 is 34.1 Å². The summed E-state index contributed by atoms with van der Waals surface area (Å²) in [6.07, 6.45) is 4.94. The van der Waals surface area contributed by atoms with Crippen LogP contribution in [0.2, 0.25) is 0 Å². The summed E-state index contributed by atoms with van der Waals surface area (Å²) in [4.78, 5) is 19.4. The summed E-state index contributed by atoms with van der Waals surface area (Å²) in [6, 6.07) is 17.9. The maximum absolute atomic E-state index is 13.3. The van der Waals surface area contributed by atoms with E-state index in [2.05, 4.69) is 57.3 Å².